The number of benzene rings is 2. The van der Waals surface area contributed by atoms with Crippen LogP contribution in [0.1, 0.15) is 44.6 Å². The van der Waals surface area contributed by atoms with Crippen LogP contribution in [0.25, 0.3) is 0 Å². The van der Waals surface area contributed by atoms with E-state index in [9.17, 15) is 22.4 Å². The number of rotatable bonds is 11. The highest BCUT2D eigenvalue weighted by Gasteiger charge is 2.33. The summed E-state index contributed by atoms with van der Waals surface area (Å²) in [6, 6.07) is 11.3. The Kier molecular flexibility index (Phi) is 9.31. The van der Waals surface area contributed by atoms with Crippen molar-refractivity contribution >= 4 is 27.5 Å². The zero-order chi connectivity index (χ0) is 26.3. The molecule has 10 heteroatoms. The van der Waals surface area contributed by atoms with Gasteiger partial charge in [0.25, 0.3) is 0 Å². The van der Waals surface area contributed by atoms with E-state index in [1.807, 2.05) is 0 Å². The lowest BCUT2D eigenvalue weighted by atomic mass is 10.1. The van der Waals surface area contributed by atoms with Crippen LogP contribution >= 0.6 is 0 Å². The second-order valence-corrected chi connectivity index (χ2v) is 10.9. The lowest BCUT2D eigenvalue weighted by molar-refractivity contribution is -0.140. The molecule has 36 heavy (non-hydrogen) atoms. The van der Waals surface area contributed by atoms with Crippen LogP contribution in [0.5, 0.6) is 5.75 Å². The van der Waals surface area contributed by atoms with Gasteiger partial charge in [-0.2, -0.15) is 0 Å². The Balaban J connectivity index is 1.92. The van der Waals surface area contributed by atoms with Crippen LogP contribution in [0.4, 0.5) is 10.1 Å². The first-order valence-corrected chi connectivity index (χ1v) is 13.9. The first-order chi connectivity index (χ1) is 17.1. The molecule has 1 N–H and O–H groups in total. The number of ether oxygens (including phenoxy) is 1. The van der Waals surface area contributed by atoms with Crippen LogP contribution in [-0.2, 0) is 26.2 Å². The number of methoxy groups -OCH3 is 1. The second kappa shape index (κ2) is 12.2. The lowest BCUT2D eigenvalue weighted by Crippen LogP contribution is -2.53. The third kappa shape index (κ3) is 7.19. The Hall–Kier alpha value is -3.14. The Morgan fingerprint density at radius 3 is 2.39 bits per heavy atom. The predicted octanol–water partition coefficient (Wildman–Crippen LogP) is 3.47. The fraction of sp³-hybridized carbons (Fsp3) is 0.462. The molecule has 8 nitrogen and oxygen atoms in total. The van der Waals surface area contributed by atoms with Crippen LogP contribution in [0.3, 0.4) is 0 Å². The van der Waals surface area contributed by atoms with Crippen molar-refractivity contribution in [3.8, 4) is 5.75 Å². The minimum Gasteiger partial charge on any atom is -0.497 e. The summed E-state index contributed by atoms with van der Waals surface area (Å²) < 4.78 is 45.1. The normalized spacial score (nSPS) is 14.8. The molecule has 196 valence electrons. The molecule has 1 aliphatic rings. The van der Waals surface area contributed by atoms with Gasteiger partial charge in [0.05, 0.1) is 19.1 Å². The molecule has 1 atom stereocenters. The maximum atomic E-state index is 13.7. The van der Waals surface area contributed by atoms with Crippen molar-refractivity contribution in [2.75, 3.05) is 24.2 Å². The van der Waals surface area contributed by atoms with Crippen LogP contribution < -0.4 is 14.4 Å². The molecular formula is C26H34FN3O5S. The number of carbonyl (C=O) groups excluding carboxylic acids is 2. The molecule has 0 spiro atoms. The maximum Gasteiger partial charge on any atom is 0.244 e. The van der Waals surface area contributed by atoms with Crippen molar-refractivity contribution in [1.29, 1.82) is 0 Å². The number of carbonyl (C=O) groups is 2. The Labute approximate surface area is 212 Å². The van der Waals surface area contributed by atoms with E-state index >= 15 is 0 Å². The van der Waals surface area contributed by atoms with Crippen molar-refractivity contribution in [3.05, 3.63) is 59.9 Å². The quantitative estimate of drug-likeness (QED) is 0.491. The smallest absolute Gasteiger partial charge is 0.244 e. The van der Waals surface area contributed by atoms with E-state index in [2.05, 4.69) is 5.32 Å². The predicted molar refractivity (Wildman–Crippen MR) is 137 cm³/mol. The van der Waals surface area contributed by atoms with Gasteiger partial charge in [-0.05, 0) is 49.1 Å². The van der Waals surface area contributed by atoms with Crippen LogP contribution in [0, 0.1) is 5.82 Å². The van der Waals surface area contributed by atoms with Crippen molar-refractivity contribution in [2.45, 2.75) is 57.7 Å². The summed E-state index contributed by atoms with van der Waals surface area (Å²) in [5.41, 5.74) is 0.902. The number of hydrogen-bond donors (Lipinski definition) is 1. The lowest BCUT2D eigenvalue weighted by Gasteiger charge is -2.33. The summed E-state index contributed by atoms with van der Waals surface area (Å²) in [5, 5.41) is 3.05. The fourth-order valence-electron chi connectivity index (χ4n) is 4.45. The van der Waals surface area contributed by atoms with Crippen molar-refractivity contribution in [1.82, 2.24) is 10.2 Å². The first-order valence-electron chi connectivity index (χ1n) is 12.1. The Bertz CT molecular complexity index is 1150. The third-order valence-corrected chi connectivity index (χ3v) is 7.51. The van der Waals surface area contributed by atoms with Gasteiger partial charge >= 0.3 is 0 Å². The van der Waals surface area contributed by atoms with Gasteiger partial charge in [0, 0.05) is 18.7 Å². The molecule has 2 aromatic carbocycles. The minimum atomic E-state index is -3.84. The number of sulfonamides is 1. The minimum absolute atomic E-state index is 0.0332. The molecule has 0 aromatic heterocycles. The molecule has 0 aliphatic heterocycles. The first kappa shape index (κ1) is 27.4. The Morgan fingerprint density at radius 2 is 1.81 bits per heavy atom. The van der Waals surface area contributed by atoms with Gasteiger partial charge in [-0.15, -0.1) is 0 Å². The molecule has 3 rings (SSSR count). The number of nitrogens with zero attached hydrogens (tertiary/aromatic N) is 2. The molecule has 2 aromatic rings. The van der Waals surface area contributed by atoms with Gasteiger partial charge in [-0.1, -0.05) is 38.0 Å². The molecule has 0 radical (unpaired) electrons. The standard InChI is InChI=1S/C26H34FN3O5S/c1-4-24(26(32)28-21-8-5-6-9-21)29(17-19-12-14-20(27)15-13-19)25(31)18-30(36(3,33)34)22-10-7-11-23(16-22)35-2/h7,10-16,21,24H,4-6,8-9,17-18H2,1-3H3,(H,28,32)/t24-/m1/s1. The highest BCUT2D eigenvalue weighted by molar-refractivity contribution is 7.92. The van der Waals surface area contributed by atoms with Gasteiger partial charge < -0.3 is 15.0 Å². The Morgan fingerprint density at radius 1 is 1.14 bits per heavy atom. The molecule has 0 unspecified atom stereocenters. The molecule has 2 amide bonds. The monoisotopic (exact) mass is 519 g/mol. The summed E-state index contributed by atoms with van der Waals surface area (Å²) in [6.45, 7) is 1.34. The van der Waals surface area contributed by atoms with Gasteiger partial charge in [0.15, 0.2) is 0 Å². The van der Waals surface area contributed by atoms with E-state index in [1.54, 1.807) is 37.3 Å². The van der Waals surface area contributed by atoms with Gasteiger partial charge in [-0.25, -0.2) is 12.8 Å². The highest BCUT2D eigenvalue weighted by atomic mass is 32.2. The van der Waals surface area contributed by atoms with Crippen LogP contribution in [0.2, 0.25) is 0 Å². The summed E-state index contributed by atoms with van der Waals surface area (Å²) in [5.74, 6) is -0.781. The van der Waals surface area contributed by atoms with Gasteiger partial charge in [0.1, 0.15) is 24.2 Å². The number of hydrogen-bond acceptors (Lipinski definition) is 5. The molecule has 1 saturated carbocycles. The van der Waals surface area contributed by atoms with Crippen LogP contribution in [-0.4, -0.2) is 57.1 Å². The number of anilines is 1. The molecule has 0 bridgehead atoms. The van der Waals surface area contributed by atoms with Crippen molar-refractivity contribution < 1.29 is 27.1 Å². The van der Waals surface area contributed by atoms with Crippen LogP contribution in [0.15, 0.2) is 48.5 Å². The maximum absolute atomic E-state index is 13.7. The van der Waals surface area contributed by atoms with E-state index < -0.39 is 34.3 Å². The van der Waals surface area contributed by atoms with Gasteiger partial charge in [0.2, 0.25) is 21.8 Å². The summed E-state index contributed by atoms with van der Waals surface area (Å²) in [6.07, 6.45) is 5.24. The highest BCUT2D eigenvalue weighted by Crippen LogP contribution is 2.24. The molecule has 1 aliphatic carbocycles. The van der Waals surface area contributed by atoms with E-state index in [0.29, 0.717) is 17.7 Å². The molecule has 0 saturated heterocycles. The SMILES string of the molecule is CC[C@H](C(=O)NC1CCCC1)N(Cc1ccc(F)cc1)C(=O)CN(c1cccc(OC)c1)S(C)(=O)=O. The number of halogens is 1. The topological polar surface area (TPSA) is 96.0 Å². The van der Waals surface area contributed by atoms with Gasteiger partial charge in [-0.3, -0.25) is 13.9 Å². The molecule has 1 fully saturated rings. The average molecular weight is 520 g/mol. The summed E-state index contributed by atoms with van der Waals surface area (Å²) >= 11 is 0. The number of amides is 2. The fourth-order valence-corrected chi connectivity index (χ4v) is 5.29. The number of nitrogens with one attached hydrogen (secondary N) is 1. The molecular weight excluding hydrogens is 485 g/mol. The van der Waals surface area contributed by atoms with Crippen molar-refractivity contribution in [2.24, 2.45) is 0 Å². The van der Waals surface area contributed by atoms with Crippen molar-refractivity contribution in [3.63, 3.8) is 0 Å². The average Bonchev–Trinajstić information content (AvgIpc) is 3.35. The van der Waals surface area contributed by atoms with E-state index in [0.717, 1.165) is 36.2 Å². The largest absolute Gasteiger partial charge is 0.497 e. The molecule has 0 heterocycles. The van der Waals surface area contributed by atoms with E-state index in [1.165, 1.54) is 30.2 Å². The third-order valence-electron chi connectivity index (χ3n) is 6.37. The summed E-state index contributed by atoms with van der Waals surface area (Å²) in [4.78, 5) is 28.3. The summed E-state index contributed by atoms with van der Waals surface area (Å²) in [7, 11) is -2.37. The van der Waals surface area contributed by atoms with E-state index in [4.69, 9.17) is 4.74 Å². The zero-order valence-electron chi connectivity index (χ0n) is 20.9. The second-order valence-electron chi connectivity index (χ2n) is 9.03. The zero-order valence-corrected chi connectivity index (χ0v) is 21.8. The van der Waals surface area contributed by atoms with E-state index in [-0.39, 0.29) is 24.2 Å².